The normalized spacial score (nSPS) is 11.1. The monoisotopic (exact) mass is 492 g/mol. The van der Waals surface area contributed by atoms with E-state index in [-0.39, 0.29) is 17.4 Å². The van der Waals surface area contributed by atoms with Crippen molar-refractivity contribution in [3.05, 3.63) is 130 Å². The van der Waals surface area contributed by atoms with Crippen LogP contribution in [0.4, 0.5) is 0 Å². The van der Waals surface area contributed by atoms with Gasteiger partial charge in [0, 0.05) is 5.41 Å². The second-order valence-electron chi connectivity index (χ2n) is 9.48. The molecule has 0 spiro atoms. The SMILES string of the molecule is CCc1ccccc1OC(=O)c1ccc(C(C)(C)c2ccc(C(=O)Oc3ccccc3CC)cc2)cc1. The molecule has 4 rings (SSSR count). The van der Waals surface area contributed by atoms with Gasteiger partial charge in [-0.3, -0.25) is 0 Å². The fraction of sp³-hybridized carbons (Fsp3) is 0.212. The summed E-state index contributed by atoms with van der Waals surface area (Å²) >= 11 is 0. The van der Waals surface area contributed by atoms with Gasteiger partial charge in [-0.2, -0.15) is 0 Å². The minimum Gasteiger partial charge on any atom is -0.423 e. The Hall–Kier alpha value is -4.18. The van der Waals surface area contributed by atoms with Gasteiger partial charge in [0.2, 0.25) is 0 Å². The number of hydrogen-bond acceptors (Lipinski definition) is 4. The van der Waals surface area contributed by atoms with E-state index in [2.05, 4.69) is 13.8 Å². The summed E-state index contributed by atoms with van der Waals surface area (Å²) in [4.78, 5) is 25.4. The summed E-state index contributed by atoms with van der Waals surface area (Å²) in [6, 6.07) is 30.1. The molecule has 0 aromatic heterocycles. The Morgan fingerprint density at radius 1 is 0.568 bits per heavy atom. The Bertz CT molecular complexity index is 1280. The van der Waals surface area contributed by atoms with Crippen molar-refractivity contribution in [2.24, 2.45) is 0 Å². The van der Waals surface area contributed by atoms with E-state index in [4.69, 9.17) is 9.47 Å². The molecule has 0 radical (unpaired) electrons. The highest BCUT2D eigenvalue weighted by Gasteiger charge is 2.24. The first kappa shape index (κ1) is 25.9. The third-order valence-corrected chi connectivity index (χ3v) is 6.80. The van der Waals surface area contributed by atoms with Crippen LogP contribution >= 0.6 is 0 Å². The standard InChI is InChI=1S/C33H32O4/c1-5-23-11-7-9-13-29(23)36-31(34)25-15-19-27(20-16-25)33(3,4)28-21-17-26(18-22-28)32(35)37-30-14-10-8-12-24(30)6-2/h7-22H,5-6H2,1-4H3. The van der Waals surface area contributed by atoms with Crippen molar-refractivity contribution in [3.8, 4) is 11.5 Å². The van der Waals surface area contributed by atoms with E-state index < -0.39 is 0 Å². The number of aryl methyl sites for hydroxylation is 2. The van der Waals surface area contributed by atoms with Gasteiger partial charge in [0.05, 0.1) is 11.1 Å². The summed E-state index contributed by atoms with van der Waals surface area (Å²) in [5, 5.41) is 0. The van der Waals surface area contributed by atoms with Gasteiger partial charge in [0.25, 0.3) is 0 Å². The Morgan fingerprint density at radius 2 is 0.919 bits per heavy atom. The number of ether oxygens (including phenoxy) is 2. The predicted octanol–water partition coefficient (Wildman–Crippen LogP) is 7.58. The van der Waals surface area contributed by atoms with Gasteiger partial charge in [-0.25, -0.2) is 9.59 Å². The second kappa shape index (κ2) is 11.3. The number of carbonyl (C=O) groups excluding carboxylic acids is 2. The number of carbonyl (C=O) groups is 2. The number of rotatable bonds is 8. The molecule has 37 heavy (non-hydrogen) atoms. The second-order valence-corrected chi connectivity index (χ2v) is 9.48. The average Bonchev–Trinajstić information content (AvgIpc) is 2.93. The molecular weight excluding hydrogens is 460 g/mol. The molecule has 4 heteroatoms. The van der Waals surface area contributed by atoms with E-state index in [1.807, 2.05) is 86.6 Å². The van der Waals surface area contributed by atoms with Crippen LogP contribution in [0.25, 0.3) is 0 Å². The van der Waals surface area contributed by atoms with Gasteiger partial charge in [0.15, 0.2) is 0 Å². The molecule has 4 nitrogen and oxygen atoms in total. The number of para-hydroxylation sites is 2. The zero-order chi connectivity index (χ0) is 26.4. The molecule has 0 aliphatic rings. The maximum absolute atomic E-state index is 12.7. The maximum Gasteiger partial charge on any atom is 0.343 e. The Morgan fingerprint density at radius 3 is 1.27 bits per heavy atom. The molecule has 0 heterocycles. The van der Waals surface area contributed by atoms with Crippen LogP contribution < -0.4 is 9.47 Å². The van der Waals surface area contributed by atoms with Crippen molar-refractivity contribution >= 4 is 11.9 Å². The summed E-state index contributed by atoms with van der Waals surface area (Å²) < 4.78 is 11.3. The van der Waals surface area contributed by atoms with E-state index in [0.29, 0.717) is 22.6 Å². The van der Waals surface area contributed by atoms with Crippen molar-refractivity contribution in [3.63, 3.8) is 0 Å². The van der Waals surface area contributed by atoms with Gasteiger partial charge < -0.3 is 9.47 Å². The van der Waals surface area contributed by atoms with E-state index >= 15 is 0 Å². The topological polar surface area (TPSA) is 52.6 Å². The molecule has 0 amide bonds. The summed E-state index contributed by atoms with van der Waals surface area (Å²) in [7, 11) is 0. The predicted molar refractivity (Wildman–Crippen MR) is 147 cm³/mol. The molecule has 0 bridgehead atoms. The lowest BCUT2D eigenvalue weighted by atomic mass is 9.78. The minimum absolute atomic E-state index is 0.339. The van der Waals surface area contributed by atoms with Gasteiger partial charge in [0.1, 0.15) is 11.5 Å². The highest BCUT2D eigenvalue weighted by molar-refractivity contribution is 5.92. The first-order valence-electron chi connectivity index (χ1n) is 12.6. The van der Waals surface area contributed by atoms with Gasteiger partial charge >= 0.3 is 11.9 Å². The highest BCUT2D eigenvalue weighted by Crippen LogP contribution is 2.32. The van der Waals surface area contributed by atoms with Crippen LogP contribution in [0, 0.1) is 0 Å². The third kappa shape index (κ3) is 5.80. The van der Waals surface area contributed by atoms with Crippen molar-refractivity contribution in [2.45, 2.75) is 46.0 Å². The minimum atomic E-state index is -0.377. The first-order valence-corrected chi connectivity index (χ1v) is 12.6. The summed E-state index contributed by atoms with van der Waals surface area (Å²) in [5.41, 5.74) is 4.74. The van der Waals surface area contributed by atoms with Crippen LogP contribution in [0.1, 0.15) is 70.7 Å². The van der Waals surface area contributed by atoms with E-state index in [9.17, 15) is 9.59 Å². The van der Waals surface area contributed by atoms with E-state index in [0.717, 1.165) is 35.1 Å². The van der Waals surface area contributed by atoms with Gasteiger partial charge in [-0.15, -0.1) is 0 Å². The molecule has 0 aliphatic heterocycles. The Labute approximate surface area is 218 Å². The summed E-state index contributed by atoms with van der Waals surface area (Å²) in [5.74, 6) is 0.433. The van der Waals surface area contributed by atoms with E-state index in [1.54, 1.807) is 24.3 Å². The number of esters is 2. The molecule has 188 valence electrons. The van der Waals surface area contributed by atoms with Crippen LogP contribution in [0.3, 0.4) is 0 Å². The smallest absolute Gasteiger partial charge is 0.343 e. The van der Waals surface area contributed by atoms with Crippen LogP contribution in [0.5, 0.6) is 11.5 Å². The van der Waals surface area contributed by atoms with E-state index in [1.165, 1.54) is 0 Å². The van der Waals surface area contributed by atoms with Crippen LogP contribution in [-0.2, 0) is 18.3 Å². The molecule has 4 aromatic carbocycles. The molecule has 0 saturated heterocycles. The van der Waals surface area contributed by atoms with Crippen molar-refractivity contribution < 1.29 is 19.1 Å². The van der Waals surface area contributed by atoms with Crippen molar-refractivity contribution in [1.29, 1.82) is 0 Å². The fourth-order valence-corrected chi connectivity index (χ4v) is 4.32. The lowest BCUT2D eigenvalue weighted by Gasteiger charge is -2.26. The molecule has 0 fully saturated rings. The van der Waals surface area contributed by atoms with Crippen molar-refractivity contribution in [2.75, 3.05) is 0 Å². The molecule has 0 unspecified atom stereocenters. The van der Waals surface area contributed by atoms with Gasteiger partial charge in [-0.05, 0) is 71.5 Å². The van der Waals surface area contributed by atoms with Crippen LogP contribution in [0.2, 0.25) is 0 Å². The van der Waals surface area contributed by atoms with Crippen LogP contribution in [0.15, 0.2) is 97.1 Å². The largest absolute Gasteiger partial charge is 0.423 e. The molecule has 0 aliphatic carbocycles. The molecular formula is C33H32O4. The summed E-state index contributed by atoms with van der Waals surface area (Å²) in [6.45, 7) is 8.29. The fourth-order valence-electron chi connectivity index (χ4n) is 4.32. The number of hydrogen-bond donors (Lipinski definition) is 0. The zero-order valence-corrected chi connectivity index (χ0v) is 21.8. The lowest BCUT2D eigenvalue weighted by Crippen LogP contribution is -2.20. The maximum atomic E-state index is 12.7. The van der Waals surface area contributed by atoms with Gasteiger partial charge in [-0.1, -0.05) is 88.4 Å². The molecule has 0 atom stereocenters. The summed E-state index contributed by atoms with van der Waals surface area (Å²) in [6.07, 6.45) is 1.58. The quantitative estimate of drug-likeness (QED) is 0.188. The third-order valence-electron chi connectivity index (χ3n) is 6.80. The Kier molecular flexibility index (Phi) is 7.88. The average molecular weight is 493 g/mol. The first-order chi connectivity index (χ1) is 17.8. The van der Waals surface area contributed by atoms with Crippen molar-refractivity contribution in [1.82, 2.24) is 0 Å². The Balaban J connectivity index is 1.46. The van der Waals surface area contributed by atoms with Crippen LogP contribution in [-0.4, -0.2) is 11.9 Å². The molecule has 0 N–H and O–H groups in total. The molecule has 4 aromatic rings. The zero-order valence-electron chi connectivity index (χ0n) is 21.8. The number of benzene rings is 4. The molecule has 0 saturated carbocycles. The highest BCUT2D eigenvalue weighted by atomic mass is 16.5. The lowest BCUT2D eigenvalue weighted by molar-refractivity contribution is 0.0723.